The lowest BCUT2D eigenvalue weighted by Crippen LogP contribution is -1.71. The average Bonchev–Trinajstić information content (AvgIpc) is 2.28. The third kappa shape index (κ3) is 0.719. The quantitative estimate of drug-likeness (QED) is 0.534. The number of aromatic nitrogens is 3. The molecule has 2 aliphatic rings. The van der Waals surface area contributed by atoms with Gasteiger partial charge in [0.05, 0.1) is 11.4 Å². The maximum absolute atomic E-state index is 4.06. The Morgan fingerprint density at radius 3 is 2.70 bits per heavy atom. The predicted molar refractivity (Wildman–Crippen MR) is 36.4 cm³/mol. The molecule has 0 spiro atoms. The summed E-state index contributed by atoms with van der Waals surface area (Å²) in [6, 6.07) is 3.69. The monoisotopic (exact) mass is 131 g/mol. The van der Waals surface area contributed by atoms with E-state index >= 15 is 0 Å². The van der Waals surface area contributed by atoms with Gasteiger partial charge in [0.25, 0.3) is 0 Å². The highest BCUT2D eigenvalue weighted by Crippen LogP contribution is 2.12. The second kappa shape index (κ2) is 2.02. The van der Waals surface area contributed by atoms with E-state index in [2.05, 4.69) is 15.0 Å². The van der Waals surface area contributed by atoms with Crippen LogP contribution in [0.25, 0.3) is 11.4 Å². The number of nitrogens with zero attached hydrogens (tertiary/aromatic N) is 3. The van der Waals surface area contributed by atoms with Crippen molar-refractivity contribution in [3.05, 3.63) is 30.9 Å². The Balaban J connectivity index is 2.74. The summed E-state index contributed by atoms with van der Waals surface area (Å²) in [5.41, 5.74) is 1.77. The van der Waals surface area contributed by atoms with Crippen molar-refractivity contribution in [1.82, 2.24) is 15.0 Å². The fourth-order valence-corrected chi connectivity index (χ4v) is 0.825. The zero-order valence-corrected chi connectivity index (χ0v) is 5.23. The minimum Gasteiger partial charge on any atom is -0.254 e. The predicted octanol–water partition coefficient (Wildman–Crippen LogP) is 0.976. The molecule has 0 atom stereocenters. The highest BCUT2D eigenvalue weighted by molar-refractivity contribution is 5.53. The van der Waals surface area contributed by atoms with Gasteiger partial charge in [0.15, 0.2) is 0 Å². The highest BCUT2D eigenvalue weighted by atomic mass is 14.8. The first-order valence-electron chi connectivity index (χ1n) is 2.97. The molecule has 0 aromatic heterocycles. The standard InChI is InChI=1S/C7H5N3/c1-3-8-5-10-7-2-4-9-6(1)7/h1-5H. The van der Waals surface area contributed by atoms with Gasteiger partial charge in [0.2, 0.25) is 0 Å². The third-order valence-corrected chi connectivity index (χ3v) is 1.29. The van der Waals surface area contributed by atoms with Crippen LogP contribution in [0.15, 0.2) is 30.9 Å². The van der Waals surface area contributed by atoms with Gasteiger partial charge in [0.1, 0.15) is 6.33 Å². The fourth-order valence-electron chi connectivity index (χ4n) is 0.825. The summed E-state index contributed by atoms with van der Waals surface area (Å²) in [6.45, 7) is 0. The number of rotatable bonds is 0. The molecule has 0 N–H and O–H groups in total. The molecule has 0 radical (unpaired) electrons. The molecule has 0 bridgehead atoms. The summed E-state index contributed by atoms with van der Waals surface area (Å²) < 4.78 is 0. The average molecular weight is 131 g/mol. The number of hydrogen-bond donors (Lipinski definition) is 0. The maximum Gasteiger partial charge on any atom is 0.116 e. The van der Waals surface area contributed by atoms with Crippen molar-refractivity contribution in [1.29, 1.82) is 0 Å². The molecule has 2 rings (SSSR count). The van der Waals surface area contributed by atoms with Crippen LogP contribution < -0.4 is 0 Å². The van der Waals surface area contributed by atoms with E-state index < -0.39 is 0 Å². The van der Waals surface area contributed by atoms with Gasteiger partial charge in [-0.3, -0.25) is 4.98 Å². The lowest BCUT2D eigenvalue weighted by atomic mass is 10.3. The maximum atomic E-state index is 4.06. The van der Waals surface area contributed by atoms with Crippen LogP contribution in [0.1, 0.15) is 0 Å². The fraction of sp³-hybridized carbons (Fsp3) is 0. The van der Waals surface area contributed by atoms with Crippen LogP contribution in [0, 0.1) is 0 Å². The van der Waals surface area contributed by atoms with E-state index in [4.69, 9.17) is 0 Å². The van der Waals surface area contributed by atoms with E-state index in [1.807, 2.05) is 12.1 Å². The third-order valence-electron chi connectivity index (χ3n) is 1.29. The van der Waals surface area contributed by atoms with E-state index in [-0.39, 0.29) is 0 Å². The van der Waals surface area contributed by atoms with Crippen LogP contribution in [0.3, 0.4) is 0 Å². The first-order chi connectivity index (χ1) is 4.97. The van der Waals surface area contributed by atoms with Gasteiger partial charge in [-0.15, -0.1) is 0 Å². The molecule has 0 aliphatic carbocycles. The molecule has 3 heteroatoms. The van der Waals surface area contributed by atoms with E-state index in [1.54, 1.807) is 12.4 Å². The van der Waals surface area contributed by atoms with Gasteiger partial charge in [0, 0.05) is 12.4 Å². The Morgan fingerprint density at radius 1 is 0.900 bits per heavy atom. The van der Waals surface area contributed by atoms with Crippen molar-refractivity contribution in [2.75, 3.05) is 0 Å². The van der Waals surface area contributed by atoms with E-state index in [0.717, 1.165) is 11.4 Å². The van der Waals surface area contributed by atoms with Crippen molar-refractivity contribution in [3.63, 3.8) is 0 Å². The van der Waals surface area contributed by atoms with Gasteiger partial charge in [-0.2, -0.15) is 0 Å². The van der Waals surface area contributed by atoms with Gasteiger partial charge in [-0.25, -0.2) is 9.97 Å². The van der Waals surface area contributed by atoms with Crippen molar-refractivity contribution in [2.24, 2.45) is 0 Å². The molecular weight excluding hydrogens is 126 g/mol. The van der Waals surface area contributed by atoms with Crippen molar-refractivity contribution in [2.45, 2.75) is 0 Å². The molecule has 0 amide bonds. The van der Waals surface area contributed by atoms with Crippen LogP contribution in [0.2, 0.25) is 0 Å². The smallest absolute Gasteiger partial charge is 0.116 e. The molecular formula is C7H5N3. The minimum absolute atomic E-state index is 0.887. The summed E-state index contributed by atoms with van der Waals surface area (Å²) in [4.78, 5) is 11.9. The molecule has 0 unspecified atom stereocenters. The van der Waals surface area contributed by atoms with Crippen LogP contribution in [0.5, 0.6) is 0 Å². The van der Waals surface area contributed by atoms with E-state index in [0.29, 0.717) is 0 Å². The summed E-state index contributed by atoms with van der Waals surface area (Å²) in [7, 11) is 0. The van der Waals surface area contributed by atoms with Crippen LogP contribution in [-0.2, 0) is 0 Å². The first-order valence-corrected chi connectivity index (χ1v) is 2.97. The largest absolute Gasteiger partial charge is 0.254 e. The SMILES string of the molecule is c1cc2nccc-2ncn1. The van der Waals surface area contributed by atoms with Gasteiger partial charge >= 0.3 is 0 Å². The van der Waals surface area contributed by atoms with E-state index in [9.17, 15) is 0 Å². The molecule has 3 nitrogen and oxygen atoms in total. The summed E-state index contributed by atoms with van der Waals surface area (Å²) in [5.74, 6) is 0. The topological polar surface area (TPSA) is 38.7 Å². The normalized spacial score (nSPS) is 10.0. The second-order valence-electron chi connectivity index (χ2n) is 1.92. The molecule has 0 fully saturated rings. The Labute approximate surface area is 58.1 Å². The molecule has 0 saturated carbocycles. The summed E-state index contributed by atoms with van der Waals surface area (Å²) in [5, 5.41) is 0. The molecule has 0 aromatic rings. The van der Waals surface area contributed by atoms with Crippen LogP contribution in [0.4, 0.5) is 0 Å². The Hall–Kier alpha value is -1.51. The lowest BCUT2D eigenvalue weighted by molar-refractivity contribution is 1.23. The Kier molecular flexibility index (Phi) is 1.07. The second-order valence-corrected chi connectivity index (χ2v) is 1.92. The van der Waals surface area contributed by atoms with Crippen molar-refractivity contribution < 1.29 is 0 Å². The molecule has 0 aromatic carbocycles. The van der Waals surface area contributed by atoms with Crippen LogP contribution >= 0.6 is 0 Å². The molecule has 2 aliphatic heterocycles. The summed E-state index contributed by atoms with van der Waals surface area (Å²) in [6.07, 6.45) is 4.93. The molecule has 10 heavy (non-hydrogen) atoms. The zero-order valence-electron chi connectivity index (χ0n) is 5.23. The van der Waals surface area contributed by atoms with Crippen LogP contribution in [-0.4, -0.2) is 15.0 Å². The first kappa shape index (κ1) is 5.29. The van der Waals surface area contributed by atoms with Crippen molar-refractivity contribution >= 4 is 0 Å². The van der Waals surface area contributed by atoms with Gasteiger partial charge < -0.3 is 0 Å². The van der Waals surface area contributed by atoms with Gasteiger partial charge in [-0.05, 0) is 12.1 Å². The summed E-state index contributed by atoms with van der Waals surface area (Å²) >= 11 is 0. The Morgan fingerprint density at radius 2 is 1.70 bits per heavy atom. The molecule has 0 saturated heterocycles. The highest BCUT2D eigenvalue weighted by Gasteiger charge is 1.98. The molecule has 2 heterocycles. The molecule has 48 valence electrons. The van der Waals surface area contributed by atoms with E-state index in [1.165, 1.54) is 6.33 Å². The lowest BCUT2D eigenvalue weighted by Gasteiger charge is -1.81. The minimum atomic E-state index is 0.887. The zero-order chi connectivity index (χ0) is 6.81. The number of hydrogen-bond acceptors (Lipinski definition) is 3. The van der Waals surface area contributed by atoms with Crippen molar-refractivity contribution in [3.8, 4) is 11.4 Å². The number of fused-ring (bicyclic) bond motifs is 1. The van der Waals surface area contributed by atoms with Gasteiger partial charge in [-0.1, -0.05) is 0 Å². The Bertz CT molecular complexity index is 280.